The van der Waals surface area contributed by atoms with Gasteiger partial charge in [0, 0.05) is 4.57 Å². The van der Waals surface area contributed by atoms with E-state index in [0.717, 1.165) is 12.8 Å². The zero-order chi connectivity index (χ0) is 7.82. The molecule has 1 atom stereocenters. The van der Waals surface area contributed by atoms with Crippen LogP contribution in [-0.2, 0) is 9.09 Å². The minimum atomic E-state index is -2.37. The lowest BCUT2D eigenvalue weighted by atomic mass is 10.2. The minimum absolute atomic E-state index is 0. The summed E-state index contributed by atoms with van der Waals surface area (Å²) < 4.78 is 14.4. The molecule has 0 spiro atoms. The van der Waals surface area contributed by atoms with Crippen LogP contribution in [0, 0.1) is 0 Å². The van der Waals surface area contributed by atoms with Crippen LogP contribution in [0.25, 0.3) is 0 Å². The fraction of sp³-hybridized carbons (Fsp3) is 1.00. The second-order valence-corrected chi connectivity index (χ2v) is 2.87. The molecule has 0 aliphatic heterocycles. The first kappa shape index (κ1) is 13.6. The Morgan fingerprint density at radius 1 is 1.36 bits per heavy atom. The molecule has 0 saturated heterocycles. The molecule has 0 radical (unpaired) electrons. The largest absolute Gasteiger partial charge is 0.694 e. The lowest BCUT2D eigenvalue weighted by Crippen LogP contribution is -1.85. The van der Waals surface area contributed by atoms with Gasteiger partial charge in [-0.1, -0.05) is 26.2 Å². The first-order chi connectivity index (χ1) is 4.77. The highest BCUT2D eigenvalue weighted by atomic mass is 31.1. The van der Waals surface area contributed by atoms with Crippen molar-refractivity contribution in [3.05, 3.63) is 0 Å². The Morgan fingerprint density at radius 2 is 2.00 bits per heavy atom. The van der Waals surface area contributed by atoms with E-state index in [1.54, 1.807) is 0 Å². The lowest BCUT2D eigenvalue weighted by molar-refractivity contribution is 0.274. The number of rotatable bonds is 6. The van der Waals surface area contributed by atoms with E-state index in [2.05, 4.69) is 11.4 Å². The first-order valence-corrected chi connectivity index (χ1v) is 4.69. The van der Waals surface area contributed by atoms with Crippen molar-refractivity contribution in [1.82, 2.24) is 6.15 Å². The van der Waals surface area contributed by atoms with Gasteiger partial charge in [-0.25, -0.2) is 0 Å². The predicted octanol–water partition coefficient (Wildman–Crippen LogP) is 2.40. The van der Waals surface area contributed by atoms with Crippen LogP contribution in [0.15, 0.2) is 0 Å². The van der Waals surface area contributed by atoms with Gasteiger partial charge in [0.05, 0.1) is 0 Å². The van der Waals surface area contributed by atoms with Gasteiger partial charge in [0.1, 0.15) is 6.61 Å². The molecule has 0 fully saturated rings. The van der Waals surface area contributed by atoms with Crippen LogP contribution in [0.5, 0.6) is 0 Å². The van der Waals surface area contributed by atoms with E-state index >= 15 is 0 Å². The summed E-state index contributed by atoms with van der Waals surface area (Å²) >= 11 is 0. The van der Waals surface area contributed by atoms with Gasteiger partial charge in [-0.3, -0.25) is 0 Å². The summed E-state index contributed by atoms with van der Waals surface area (Å²) in [6, 6.07) is 0. The van der Waals surface area contributed by atoms with E-state index in [1.165, 1.54) is 12.8 Å². The van der Waals surface area contributed by atoms with Gasteiger partial charge in [-0.05, 0) is 6.42 Å². The summed E-state index contributed by atoms with van der Waals surface area (Å²) in [6.07, 6.45) is 4.31. The third kappa shape index (κ3) is 13.0. The molecule has 0 aromatic heterocycles. The summed E-state index contributed by atoms with van der Waals surface area (Å²) in [4.78, 5) is 8.20. The molecule has 1 unspecified atom stereocenters. The van der Waals surface area contributed by atoms with Crippen LogP contribution < -0.4 is 6.15 Å². The van der Waals surface area contributed by atoms with Gasteiger partial charge in [0.25, 0.3) is 0 Å². The molecule has 5 heteroatoms. The van der Waals surface area contributed by atoms with E-state index in [-0.39, 0.29) is 6.15 Å². The van der Waals surface area contributed by atoms with Crippen molar-refractivity contribution in [1.29, 1.82) is 0 Å². The summed E-state index contributed by atoms with van der Waals surface area (Å²) in [5.41, 5.74) is 0. The molecule has 0 aliphatic rings. The third-order valence-corrected chi connectivity index (χ3v) is 1.60. The first-order valence-electron chi connectivity index (χ1n) is 3.56. The number of hydrogen-bond acceptors (Lipinski definition) is 3. The van der Waals surface area contributed by atoms with Crippen molar-refractivity contribution in [2.45, 2.75) is 32.6 Å². The van der Waals surface area contributed by atoms with E-state index in [1.807, 2.05) is 0 Å². The zero-order valence-electron chi connectivity index (χ0n) is 6.95. The molecule has 4 nitrogen and oxygen atoms in total. The molecule has 0 amide bonds. The van der Waals surface area contributed by atoms with Gasteiger partial charge < -0.3 is 6.15 Å². The Balaban J connectivity index is 0. The van der Waals surface area contributed by atoms with Crippen LogP contribution in [0.3, 0.4) is 0 Å². The van der Waals surface area contributed by atoms with Crippen molar-refractivity contribution < 1.29 is 14.0 Å². The van der Waals surface area contributed by atoms with E-state index in [0.29, 0.717) is 6.61 Å². The fourth-order valence-electron chi connectivity index (χ4n) is 0.671. The molecule has 0 saturated carbocycles. The summed E-state index contributed by atoms with van der Waals surface area (Å²) in [5, 5.41) is 0. The van der Waals surface area contributed by atoms with Crippen LogP contribution in [0.4, 0.5) is 0 Å². The molecule has 0 aromatic rings. The zero-order valence-corrected chi connectivity index (χ0v) is 7.85. The highest BCUT2D eigenvalue weighted by Crippen LogP contribution is 2.15. The van der Waals surface area contributed by atoms with Gasteiger partial charge in [-0.15, -0.1) is 9.42 Å². The summed E-state index contributed by atoms with van der Waals surface area (Å²) in [7, 11) is -2.37. The number of unbranched alkanes of at least 4 members (excludes halogenated alkanes) is 3. The Kier molecular flexibility index (Phi) is 12.3. The average molecular weight is 182 g/mol. The highest BCUT2D eigenvalue weighted by molar-refractivity contribution is 7.32. The average Bonchev–Trinajstić information content (AvgIpc) is 1.87. The van der Waals surface area contributed by atoms with E-state index in [4.69, 9.17) is 4.89 Å². The third-order valence-electron chi connectivity index (χ3n) is 1.20. The van der Waals surface area contributed by atoms with Gasteiger partial charge in [-0.2, -0.15) is 0 Å². The Morgan fingerprint density at radius 3 is 2.45 bits per heavy atom. The lowest BCUT2D eigenvalue weighted by Gasteiger charge is -1.91. The van der Waals surface area contributed by atoms with Crippen molar-refractivity contribution in [3.63, 3.8) is 0 Å². The SMILES string of the molecule is CCCCCCO[P+](=O)O.N. The predicted molar refractivity (Wildman–Crippen MR) is 44.9 cm³/mol. The maximum atomic E-state index is 9.96. The minimum Gasteiger partial charge on any atom is -0.344 e. The fourth-order valence-corrected chi connectivity index (χ4v) is 0.957. The molecule has 0 heterocycles. The Labute approximate surface area is 68.5 Å². The maximum Gasteiger partial charge on any atom is 0.694 e. The Bertz CT molecular complexity index is 99.8. The summed E-state index contributed by atoms with van der Waals surface area (Å²) in [5.74, 6) is 0. The number of hydrogen-bond donors (Lipinski definition) is 2. The smallest absolute Gasteiger partial charge is 0.344 e. The van der Waals surface area contributed by atoms with Crippen LogP contribution in [0.1, 0.15) is 32.6 Å². The van der Waals surface area contributed by atoms with Crippen LogP contribution in [0.2, 0.25) is 0 Å². The molecule has 0 bridgehead atoms. The standard InChI is InChI=1S/C6H13O3P.H3N/c1-2-3-4-5-6-9-10(7)8;/h2-6H2,1H3;1H3/p+1. The van der Waals surface area contributed by atoms with Crippen molar-refractivity contribution in [2.75, 3.05) is 6.61 Å². The second kappa shape index (κ2) is 9.98. The highest BCUT2D eigenvalue weighted by Gasteiger charge is 2.09. The normalized spacial score (nSPS) is 10.5. The summed E-state index contributed by atoms with van der Waals surface area (Å²) in [6.45, 7) is 2.53. The molecule has 11 heavy (non-hydrogen) atoms. The van der Waals surface area contributed by atoms with Gasteiger partial charge >= 0.3 is 8.25 Å². The Hall–Kier alpha value is -0.0200. The molecule has 0 rings (SSSR count). The van der Waals surface area contributed by atoms with Crippen LogP contribution >= 0.6 is 8.25 Å². The molecular formula is C6H17NO3P+. The van der Waals surface area contributed by atoms with E-state index < -0.39 is 8.25 Å². The monoisotopic (exact) mass is 182 g/mol. The van der Waals surface area contributed by atoms with Crippen molar-refractivity contribution in [3.8, 4) is 0 Å². The van der Waals surface area contributed by atoms with E-state index in [9.17, 15) is 4.57 Å². The maximum absolute atomic E-state index is 9.96. The molecule has 68 valence electrons. The molecule has 0 aromatic carbocycles. The quantitative estimate of drug-likeness (QED) is 0.488. The molecule has 0 aliphatic carbocycles. The van der Waals surface area contributed by atoms with Gasteiger partial charge in [0.15, 0.2) is 0 Å². The van der Waals surface area contributed by atoms with Crippen molar-refractivity contribution >= 4 is 8.25 Å². The van der Waals surface area contributed by atoms with Gasteiger partial charge in [0.2, 0.25) is 0 Å². The molecule has 4 N–H and O–H groups in total. The molecular weight excluding hydrogens is 165 g/mol. The van der Waals surface area contributed by atoms with Crippen LogP contribution in [-0.4, -0.2) is 11.5 Å². The second-order valence-electron chi connectivity index (χ2n) is 2.13. The topological polar surface area (TPSA) is 81.5 Å². The van der Waals surface area contributed by atoms with Crippen molar-refractivity contribution in [2.24, 2.45) is 0 Å².